The third-order valence-corrected chi connectivity index (χ3v) is 5.08. The summed E-state index contributed by atoms with van der Waals surface area (Å²) in [5.41, 5.74) is 6.88. The van der Waals surface area contributed by atoms with Crippen molar-refractivity contribution >= 4 is 27.5 Å². The minimum absolute atomic E-state index is 0.114. The highest BCUT2D eigenvalue weighted by molar-refractivity contribution is 7.17. The lowest BCUT2D eigenvalue weighted by Gasteiger charge is -2.11. The van der Waals surface area contributed by atoms with E-state index in [0.717, 1.165) is 23.3 Å². The monoisotopic (exact) mass is 371 g/mol. The molecule has 0 spiro atoms. The molecule has 26 heavy (non-hydrogen) atoms. The average Bonchev–Trinajstić information content (AvgIpc) is 3.05. The van der Waals surface area contributed by atoms with Gasteiger partial charge in [-0.15, -0.1) is 11.3 Å². The summed E-state index contributed by atoms with van der Waals surface area (Å²) in [5.74, 6) is 0.995. The van der Waals surface area contributed by atoms with Crippen LogP contribution in [0.1, 0.15) is 25.6 Å². The van der Waals surface area contributed by atoms with E-state index >= 15 is 0 Å². The van der Waals surface area contributed by atoms with Gasteiger partial charge < -0.3 is 10.5 Å². The van der Waals surface area contributed by atoms with Crippen molar-refractivity contribution in [2.75, 3.05) is 7.11 Å². The number of amides is 1. The maximum absolute atomic E-state index is 13.2. The molecule has 2 N–H and O–H groups in total. The van der Waals surface area contributed by atoms with E-state index in [-0.39, 0.29) is 18.5 Å². The van der Waals surface area contributed by atoms with Crippen LogP contribution in [0.4, 0.5) is 0 Å². The van der Waals surface area contributed by atoms with Gasteiger partial charge in [-0.05, 0) is 24.1 Å². The van der Waals surface area contributed by atoms with E-state index in [1.807, 2.05) is 36.6 Å². The second-order valence-corrected chi connectivity index (χ2v) is 6.87. The summed E-state index contributed by atoms with van der Waals surface area (Å²) in [6.45, 7) is 2.28. The Morgan fingerprint density at radius 1 is 1.38 bits per heavy atom. The first-order chi connectivity index (χ1) is 12.5. The molecule has 3 aromatic rings. The third kappa shape index (κ3) is 3.48. The van der Waals surface area contributed by atoms with Crippen LogP contribution in [0.2, 0.25) is 0 Å². The zero-order valence-corrected chi connectivity index (χ0v) is 15.6. The van der Waals surface area contributed by atoms with Gasteiger partial charge in [0.05, 0.1) is 12.5 Å². The molecular formula is C19H21N3O3S. The Bertz CT molecular complexity index is 1010. The molecule has 1 aromatic carbocycles. The van der Waals surface area contributed by atoms with Crippen LogP contribution in [0.5, 0.6) is 5.75 Å². The van der Waals surface area contributed by atoms with Gasteiger partial charge in [0.15, 0.2) is 0 Å². The highest BCUT2D eigenvalue weighted by Gasteiger charge is 2.17. The zero-order chi connectivity index (χ0) is 18.7. The summed E-state index contributed by atoms with van der Waals surface area (Å²) in [6, 6.07) is 7.59. The van der Waals surface area contributed by atoms with Crippen LogP contribution in [0.25, 0.3) is 21.3 Å². The molecule has 0 saturated heterocycles. The van der Waals surface area contributed by atoms with Gasteiger partial charge in [0, 0.05) is 30.3 Å². The number of hydrogen-bond donors (Lipinski definition) is 1. The first-order valence-electron chi connectivity index (χ1n) is 8.48. The van der Waals surface area contributed by atoms with E-state index < -0.39 is 5.91 Å². The second kappa shape index (κ2) is 7.70. The van der Waals surface area contributed by atoms with Gasteiger partial charge in [-0.2, -0.15) is 0 Å². The zero-order valence-electron chi connectivity index (χ0n) is 14.8. The number of nitrogens with zero attached hydrogens (tertiary/aromatic N) is 2. The molecule has 0 aliphatic rings. The molecule has 0 radical (unpaired) electrons. The van der Waals surface area contributed by atoms with E-state index in [2.05, 4.69) is 0 Å². The molecule has 2 aromatic heterocycles. The van der Waals surface area contributed by atoms with Crippen LogP contribution in [-0.2, 0) is 17.8 Å². The maximum Gasteiger partial charge on any atom is 0.262 e. The van der Waals surface area contributed by atoms with Gasteiger partial charge in [0.1, 0.15) is 16.4 Å². The Morgan fingerprint density at radius 2 is 2.19 bits per heavy atom. The van der Waals surface area contributed by atoms with Gasteiger partial charge in [-0.3, -0.25) is 14.2 Å². The molecule has 0 atom stereocenters. The normalized spacial score (nSPS) is 11.0. The largest absolute Gasteiger partial charge is 0.497 e. The molecular weight excluding hydrogens is 350 g/mol. The minimum atomic E-state index is -0.433. The number of primary amides is 1. The molecule has 2 heterocycles. The fourth-order valence-electron chi connectivity index (χ4n) is 2.94. The van der Waals surface area contributed by atoms with Crippen LogP contribution in [0, 0.1) is 0 Å². The van der Waals surface area contributed by atoms with Crippen molar-refractivity contribution in [2.45, 2.75) is 32.7 Å². The predicted octanol–water partition coefficient (Wildman–Crippen LogP) is 2.96. The molecule has 7 heteroatoms. The number of nitrogens with two attached hydrogens (primary N) is 1. The van der Waals surface area contributed by atoms with E-state index in [0.29, 0.717) is 22.5 Å². The minimum Gasteiger partial charge on any atom is -0.497 e. The Labute approximate surface area is 155 Å². The lowest BCUT2D eigenvalue weighted by Crippen LogP contribution is -2.27. The summed E-state index contributed by atoms with van der Waals surface area (Å²) < 4.78 is 6.88. The van der Waals surface area contributed by atoms with Crippen LogP contribution < -0.4 is 16.0 Å². The van der Waals surface area contributed by atoms with Gasteiger partial charge >= 0.3 is 0 Å². The first-order valence-corrected chi connectivity index (χ1v) is 9.36. The number of benzene rings is 1. The number of hydrogen-bond acceptors (Lipinski definition) is 5. The van der Waals surface area contributed by atoms with Crippen LogP contribution >= 0.6 is 11.3 Å². The Balaban J connectivity index is 2.19. The third-order valence-electron chi connectivity index (χ3n) is 4.21. The first kappa shape index (κ1) is 18.1. The lowest BCUT2D eigenvalue weighted by atomic mass is 10.1. The molecule has 0 aliphatic heterocycles. The number of thiophene rings is 1. The fourth-order valence-corrected chi connectivity index (χ4v) is 3.89. The molecule has 0 saturated carbocycles. The molecule has 136 valence electrons. The number of aromatic nitrogens is 2. The molecule has 6 nitrogen and oxygen atoms in total. The standard InChI is InChI=1S/C19H21N3O3S/c1-3-5-16-21-18-17(19(24)22(16)9-8-15(20)23)14(11-26-18)12-6-4-7-13(10-12)25-2/h4,6-7,10-11H,3,5,8-9H2,1-2H3,(H2,20,23). The number of methoxy groups -OCH3 is 1. The highest BCUT2D eigenvalue weighted by Crippen LogP contribution is 2.32. The number of fused-ring (bicyclic) bond motifs is 1. The molecule has 0 unspecified atom stereocenters. The number of carbonyl (C=O) groups excluding carboxylic acids is 1. The van der Waals surface area contributed by atoms with Crippen molar-refractivity contribution < 1.29 is 9.53 Å². The van der Waals surface area contributed by atoms with Crippen molar-refractivity contribution in [3.8, 4) is 16.9 Å². The summed E-state index contributed by atoms with van der Waals surface area (Å²) in [7, 11) is 1.61. The van der Waals surface area contributed by atoms with E-state index in [9.17, 15) is 9.59 Å². The number of aryl methyl sites for hydroxylation is 1. The van der Waals surface area contributed by atoms with Crippen LogP contribution in [-0.4, -0.2) is 22.6 Å². The summed E-state index contributed by atoms with van der Waals surface area (Å²) in [4.78, 5) is 29.8. The Kier molecular flexibility index (Phi) is 5.37. The molecule has 0 aliphatic carbocycles. The average molecular weight is 371 g/mol. The molecule has 3 rings (SSSR count). The Morgan fingerprint density at radius 3 is 2.88 bits per heavy atom. The van der Waals surface area contributed by atoms with Crippen LogP contribution in [0.3, 0.4) is 0 Å². The molecule has 0 bridgehead atoms. The van der Waals surface area contributed by atoms with Gasteiger partial charge in [0.2, 0.25) is 5.91 Å². The number of carbonyl (C=O) groups is 1. The van der Waals surface area contributed by atoms with Crippen molar-refractivity contribution in [2.24, 2.45) is 5.73 Å². The molecule has 0 fully saturated rings. The summed E-state index contributed by atoms with van der Waals surface area (Å²) in [5, 5.41) is 2.52. The summed E-state index contributed by atoms with van der Waals surface area (Å²) in [6.07, 6.45) is 1.65. The highest BCUT2D eigenvalue weighted by atomic mass is 32.1. The van der Waals surface area contributed by atoms with E-state index in [1.54, 1.807) is 11.7 Å². The number of ether oxygens (including phenoxy) is 1. The van der Waals surface area contributed by atoms with Gasteiger partial charge in [-0.25, -0.2) is 4.98 Å². The van der Waals surface area contributed by atoms with Crippen molar-refractivity contribution in [3.05, 3.63) is 45.8 Å². The summed E-state index contributed by atoms with van der Waals surface area (Å²) >= 11 is 1.45. The Hall–Kier alpha value is -2.67. The SMILES string of the molecule is CCCc1nc2scc(-c3cccc(OC)c3)c2c(=O)n1CCC(N)=O. The lowest BCUT2D eigenvalue weighted by molar-refractivity contribution is -0.118. The van der Waals surface area contributed by atoms with Gasteiger partial charge in [0.25, 0.3) is 5.56 Å². The van der Waals surface area contributed by atoms with Crippen molar-refractivity contribution in [3.63, 3.8) is 0 Å². The second-order valence-electron chi connectivity index (χ2n) is 6.01. The molecule has 1 amide bonds. The van der Waals surface area contributed by atoms with Crippen molar-refractivity contribution in [1.82, 2.24) is 9.55 Å². The van der Waals surface area contributed by atoms with E-state index in [1.165, 1.54) is 11.3 Å². The van der Waals surface area contributed by atoms with Gasteiger partial charge in [-0.1, -0.05) is 19.1 Å². The predicted molar refractivity (Wildman–Crippen MR) is 104 cm³/mol. The maximum atomic E-state index is 13.2. The van der Waals surface area contributed by atoms with Crippen molar-refractivity contribution in [1.29, 1.82) is 0 Å². The fraction of sp³-hybridized carbons (Fsp3) is 0.316. The smallest absolute Gasteiger partial charge is 0.262 e. The number of rotatable bonds is 7. The van der Waals surface area contributed by atoms with E-state index in [4.69, 9.17) is 15.5 Å². The van der Waals surface area contributed by atoms with Crippen LogP contribution in [0.15, 0.2) is 34.4 Å². The quantitative estimate of drug-likeness (QED) is 0.692. The topological polar surface area (TPSA) is 87.2 Å².